The lowest BCUT2D eigenvalue weighted by atomic mass is 9.12. The van der Waals surface area contributed by atoms with Gasteiger partial charge in [0.1, 0.15) is 63.1 Å². The summed E-state index contributed by atoms with van der Waals surface area (Å²) in [5, 5.41) is 9.19. The van der Waals surface area contributed by atoms with E-state index in [2.05, 4.69) is 6.07 Å². The summed E-state index contributed by atoms with van der Waals surface area (Å²) < 4.78 is 297. The number of benzene rings is 6. The highest BCUT2D eigenvalue weighted by Gasteiger charge is 2.52. The van der Waals surface area contributed by atoms with Crippen LogP contribution < -0.4 is 31.4 Å². The zero-order valence-electron chi connectivity index (χ0n) is 29.0. The molecule has 3 nitrogen and oxygen atoms in total. The quantitative estimate of drug-likeness (QED) is 0.0597. The summed E-state index contributed by atoms with van der Waals surface area (Å²) in [6, 6.07) is 14.7. The van der Waals surface area contributed by atoms with Crippen LogP contribution in [0.1, 0.15) is 0 Å². The number of aromatic nitrogens is 1. The van der Waals surface area contributed by atoms with Gasteiger partial charge in [-0.25, -0.2) is 92.6 Å². The fraction of sp³-hybridized carbons (Fsp3) is 0. The summed E-state index contributed by atoms with van der Waals surface area (Å²) in [6.07, 6.45) is -7.22. The molecule has 62 heavy (non-hydrogen) atoms. The summed E-state index contributed by atoms with van der Waals surface area (Å²) in [7, 11) is 0. The number of rotatable bonds is 6. The van der Waals surface area contributed by atoms with Gasteiger partial charge in [0, 0.05) is 10.8 Å². The van der Waals surface area contributed by atoms with Crippen molar-refractivity contribution >= 4 is 49.6 Å². The average Bonchev–Trinajstić information content (AvgIpc) is 3.66. The first-order valence-corrected chi connectivity index (χ1v) is 17.0. The molecule has 0 fully saturated rings. The molecule has 6 aromatic carbocycles. The van der Waals surface area contributed by atoms with Gasteiger partial charge in [0.05, 0.1) is 0 Å². The van der Waals surface area contributed by atoms with Gasteiger partial charge in [0.15, 0.2) is 69.8 Å². The van der Waals surface area contributed by atoms with E-state index in [1.807, 2.05) is 23.7 Å². The predicted octanol–water partition coefficient (Wildman–Crippen LogP) is 8.58. The highest BCUT2D eigenvalue weighted by atomic mass is 32.1. The number of hydrogen-bond acceptors (Lipinski definition) is 3. The largest absolute Gasteiger partial charge is 0.508 e. The lowest BCUT2D eigenvalue weighted by Gasteiger charge is -2.44. The lowest BCUT2D eigenvalue weighted by molar-refractivity contribution is -0.851. The van der Waals surface area contributed by atoms with Crippen LogP contribution in [0.25, 0.3) is 10.2 Å². The number of fused-ring (bicyclic) bond motifs is 1. The molecule has 0 spiro atoms. The van der Waals surface area contributed by atoms with Gasteiger partial charge >= 0.3 is 0 Å². The number of phenols is 1. The Morgan fingerprint density at radius 1 is 0.371 bits per heavy atom. The predicted molar refractivity (Wildman–Crippen MR) is 175 cm³/mol. The molecule has 0 aliphatic rings. The lowest BCUT2D eigenvalue weighted by Crippen LogP contribution is -2.81. The molecule has 7 aromatic rings. The van der Waals surface area contributed by atoms with Gasteiger partial charge < -0.3 is 5.11 Å². The van der Waals surface area contributed by atoms with Crippen molar-refractivity contribution in [2.45, 2.75) is 0 Å². The van der Waals surface area contributed by atoms with Crippen LogP contribution in [0.2, 0.25) is 0 Å². The summed E-state index contributed by atoms with van der Waals surface area (Å²) >= 11 is 1.62. The number of aromatic hydroxyl groups is 1. The normalized spacial score (nSPS) is 11.6. The number of halogens is 20. The maximum atomic E-state index is 15.4. The van der Waals surface area contributed by atoms with Crippen molar-refractivity contribution in [3.8, 4) is 11.5 Å². The van der Waals surface area contributed by atoms with Crippen LogP contribution >= 0.6 is 11.3 Å². The standard InChI is InChI=1S/C24BF20.C13H9NO2S/c26-5-1(6(27)14(35)21(42)13(5)34)25(2-7(28)15(36)22(43)16(37)8(2)29,3-9(30)17(38)23(44)18(39)10(3)31)4-11(32)19(40)24(45)20(41)12(4)33;15-10-5-7-11(8-6-10)16-14-9-17-13-4-2-1-3-12(13)14/h;1-9H/q-1;/p+1. The molecule has 0 bridgehead atoms. The van der Waals surface area contributed by atoms with Crippen LogP contribution in [0.3, 0.4) is 0 Å². The van der Waals surface area contributed by atoms with Crippen molar-refractivity contribution in [2.75, 3.05) is 0 Å². The van der Waals surface area contributed by atoms with E-state index < -0.39 is 144 Å². The van der Waals surface area contributed by atoms with Crippen LogP contribution in [-0.4, -0.2) is 11.3 Å². The molecular weight excluding hydrogens is 913 g/mol. The first kappa shape index (κ1) is 45.0. The minimum atomic E-state index is -7.22. The van der Waals surface area contributed by atoms with E-state index in [1.54, 1.807) is 40.3 Å². The Morgan fingerprint density at radius 3 is 0.952 bits per heavy atom. The molecule has 0 atom stereocenters. The van der Waals surface area contributed by atoms with Gasteiger partial charge in [-0.15, -0.1) is 21.9 Å². The van der Waals surface area contributed by atoms with Gasteiger partial charge in [0.25, 0.3) is 11.0 Å². The maximum Gasteiger partial charge on any atom is 0.278 e. The molecular formula is C37H10BF20NO2S. The van der Waals surface area contributed by atoms with Crippen molar-refractivity contribution in [1.82, 2.24) is 0 Å². The van der Waals surface area contributed by atoms with E-state index in [-0.39, 0.29) is 5.75 Å². The molecule has 7 rings (SSSR count). The van der Waals surface area contributed by atoms with Crippen LogP contribution in [0, 0.1) is 116 Å². The van der Waals surface area contributed by atoms with E-state index in [4.69, 9.17) is 4.84 Å². The second-order valence-electron chi connectivity index (χ2n) is 12.4. The van der Waals surface area contributed by atoms with E-state index in [1.165, 1.54) is 4.70 Å². The van der Waals surface area contributed by atoms with Gasteiger partial charge in [-0.1, -0.05) is 23.5 Å². The minimum Gasteiger partial charge on any atom is -0.508 e. The Bertz CT molecular complexity index is 2580. The van der Waals surface area contributed by atoms with E-state index >= 15 is 35.1 Å². The van der Waals surface area contributed by atoms with E-state index in [0.29, 0.717) is 5.75 Å². The Morgan fingerprint density at radius 2 is 0.645 bits per heavy atom. The summed E-state index contributed by atoms with van der Waals surface area (Å²) in [5.74, 6) is -70.5. The zero-order chi connectivity index (χ0) is 46.0. The molecule has 0 saturated carbocycles. The topological polar surface area (TPSA) is 33.3 Å². The molecule has 0 aliphatic heterocycles. The van der Waals surface area contributed by atoms with Gasteiger partial charge in [-0.3, -0.25) is 0 Å². The molecule has 1 aromatic heterocycles. The summed E-state index contributed by atoms with van der Waals surface area (Å²) in [5.41, 5.74) is -11.4. The Kier molecular flexibility index (Phi) is 11.9. The number of nitrogens with zero attached hydrogens (tertiary/aromatic N) is 1. The number of para-hydroxylation sites is 1. The van der Waals surface area contributed by atoms with Crippen LogP contribution in [0.4, 0.5) is 87.8 Å². The zero-order valence-corrected chi connectivity index (χ0v) is 29.9. The van der Waals surface area contributed by atoms with Gasteiger partial charge in [-0.2, -0.15) is 0 Å². The first-order valence-electron chi connectivity index (χ1n) is 16.1. The SMILES string of the molecule is Fc1c(F)c(F)c([B-](c2c(F)c(F)c(F)c(F)c2F)(c2c(F)c(F)c(F)c(F)c2F)c2c(F)c(F)c(F)c(F)c2F)c(F)c1F.Oc1ccc(O[n+]2csc3ccccc32)cc1. The van der Waals surface area contributed by atoms with E-state index in [9.17, 15) is 57.8 Å². The fourth-order valence-corrected chi connectivity index (χ4v) is 7.27. The smallest absolute Gasteiger partial charge is 0.278 e. The summed E-state index contributed by atoms with van der Waals surface area (Å²) in [4.78, 5) is 5.70. The monoisotopic (exact) mass is 923 g/mol. The average molecular weight is 923 g/mol. The fourth-order valence-electron chi connectivity index (χ4n) is 6.47. The second-order valence-corrected chi connectivity index (χ2v) is 13.3. The molecule has 0 unspecified atom stereocenters. The van der Waals surface area contributed by atoms with E-state index in [0.717, 1.165) is 5.52 Å². The molecule has 324 valence electrons. The Hall–Kier alpha value is -6.53. The number of thiazole rings is 1. The number of hydrogen-bond donors (Lipinski definition) is 1. The van der Waals surface area contributed by atoms with Crippen molar-refractivity contribution in [3.63, 3.8) is 0 Å². The van der Waals surface area contributed by atoms with Crippen molar-refractivity contribution in [3.05, 3.63) is 170 Å². The van der Waals surface area contributed by atoms with Gasteiger partial charge in [-0.05, 0) is 30.3 Å². The molecule has 0 radical (unpaired) electrons. The van der Waals surface area contributed by atoms with Gasteiger partial charge in [0.2, 0.25) is 5.75 Å². The molecule has 1 heterocycles. The third-order valence-electron chi connectivity index (χ3n) is 9.13. The highest BCUT2D eigenvalue weighted by Crippen LogP contribution is 2.31. The van der Waals surface area contributed by atoms with Crippen LogP contribution in [0.15, 0.2) is 54.0 Å². The van der Waals surface area contributed by atoms with Crippen molar-refractivity contribution < 1.29 is 102 Å². The van der Waals surface area contributed by atoms with Crippen molar-refractivity contribution in [1.29, 1.82) is 0 Å². The molecule has 0 aliphatic carbocycles. The van der Waals surface area contributed by atoms with Crippen molar-refractivity contribution in [2.24, 2.45) is 0 Å². The Balaban J connectivity index is 0.000000311. The highest BCUT2D eigenvalue weighted by molar-refractivity contribution is 7.20. The molecule has 25 heteroatoms. The third kappa shape index (κ3) is 6.77. The first-order chi connectivity index (χ1) is 29.0. The number of phenolic OH excluding ortho intramolecular Hbond substituents is 1. The third-order valence-corrected chi connectivity index (χ3v) is 10.0. The molecule has 1 N–H and O–H groups in total. The molecule has 0 amide bonds. The minimum absolute atomic E-state index is 0.234. The maximum absolute atomic E-state index is 15.4. The Labute approximate surface area is 333 Å². The van der Waals surface area contributed by atoms with Crippen LogP contribution in [-0.2, 0) is 0 Å². The second kappa shape index (κ2) is 16.4. The van der Waals surface area contributed by atoms with Crippen LogP contribution in [0.5, 0.6) is 11.5 Å². The molecule has 0 saturated heterocycles. The summed E-state index contributed by atoms with van der Waals surface area (Å²) in [6.45, 7) is 0.